The van der Waals surface area contributed by atoms with Crippen LogP contribution in [0.4, 0.5) is 5.69 Å². The molecule has 2 heterocycles. The second kappa shape index (κ2) is 5.95. The third-order valence-electron chi connectivity index (χ3n) is 3.02. The van der Waals surface area contributed by atoms with E-state index in [9.17, 15) is 0 Å². The SMILES string of the molecule is CC(Nc1cc2c(cc1Br)OCCO2)c1ccc(Br)s1. The molecule has 1 aliphatic rings. The molecule has 0 aliphatic carbocycles. The molecule has 3 nitrogen and oxygen atoms in total. The van der Waals surface area contributed by atoms with Crippen molar-refractivity contribution in [2.75, 3.05) is 18.5 Å². The van der Waals surface area contributed by atoms with E-state index in [1.54, 1.807) is 11.3 Å². The third kappa shape index (κ3) is 2.97. The van der Waals surface area contributed by atoms with Crippen LogP contribution in [0.25, 0.3) is 0 Å². The fourth-order valence-corrected chi connectivity index (χ4v) is 3.90. The number of hydrogen-bond acceptors (Lipinski definition) is 4. The first kappa shape index (κ1) is 14.2. The predicted octanol–water partition coefficient (Wildman–Crippen LogP) is 5.22. The summed E-state index contributed by atoms with van der Waals surface area (Å²) in [5.74, 6) is 1.58. The molecular formula is C14H13Br2NO2S. The molecule has 1 aromatic heterocycles. The van der Waals surface area contributed by atoms with Gasteiger partial charge < -0.3 is 14.8 Å². The Balaban J connectivity index is 1.83. The summed E-state index contributed by atoms with van der Waals surface area (Å²) in [6.45, 7) is 3.34. The zero-order chi connectivity index (χ0) is 14.1. The lowest BCUT2D eigenvalue weighted by molar-refractivity contribution is 0.171. The summed E-state index contributed by atoms with van der Waals surface area (Å²) in [5, 5.41) is 3.50. The highest BCUT2D eigenvalue weighted by Crippen LogP contribution is 2.39. The predicted molar refractivity (Wildman–Crippen MR) is 89.2 cm³/mol. The molecule has 1 atom stereocenters. The molecule has 0 amide bonds. The van der Waals surface area contributed by atoms with Gasteiger partial charge in [0.25, 0.3) is 0 Å². The van der Waals surface area contributed by atoms with Crippen molar-refractivity contribution in [3.8, 4) is 11.5 Å². The summed E-state index contributed by atoms with van der Waals surface area (Å²) < 4.78 is 13.3. The Bertz CT molecular complexity index is 630. The summed E-state index contributed by atoms with van der Waals surface area (Å²) >= 11 is 8.80. The summed E-state index contributed by atoms with van der Waals surface area (Å²) in [7, 11) is 0. The van der Waals surface area contributed by atoms with Crippen molar-refractivity contribution in [3.05, 3.63) is 37.4 Å². The topological polar surface area (TPSA) is 30.5 Å². The molecule has 0 spiro atoms. The number of halogens is 2. The highest BCUT2D eigenvalue weighted by molar-refractivity contribution is 9.11. The molecule has 20 heavy (non-hydrogen) atoms. The molecule has 1 aliphatic heterocycles. The Hall–Kier alpha value is -0.720. The van der Waals surface area contributed by atoms with Crippen molar-refractivity contribution in [1.29, 1.82) is 0 Å². The Morgan fingerprint density at radius 2 is 1.85 bits per heavy atom. The minimum Gasteiger partial charge on any atom is -0.486 e. The second-order valence-corrected chi connectivity index (χ2v) is 7.83. The van der Waals surface area contributed by atoms with Gasteiger partial charge in [-0.2, -0.15) is 0 Å². The molecular weight excluding hydrogens is 406 g/mol. The maximum Gasteiger partial charge on any atom is 0.163 e. The molecule has 0 bridgehead atoms. The van der Waals surface area contributed by atoms with Crippen molar-refractivity contribution < 1.29 is 9.47 Å². The van der Waals surface area contributed by atoms with Crippen LogP contribution in [0.15, 0.2) is 32.5 Å². The van der Waals surface area contributed by atoms with Crippen LogP contribution < -0.4 is 14.8 Å². The highest BCUT2D eigenvalue weighted by Gasteiger charge is 2.16. The van der Waals surface area contributed by atoms with Crippen LogP contribution in [-0.4, -0.2) is 13.2 Å². The molecule has 106 valence electrons. The quantitative estimate of drug-likeness (QED) is 0.741. The molecule has 0 saturated carbocycles. The number of benzene rings is 1. The van der Waals surface area contributed by atoms with E-state index in [0.717, 1.165) is 25.4 Å². The number of nitrogens with one attached hydrogen (secondary N) is 1. The fourth-order valence-electron chi connectivity index (χ4n) is 2.04. The smallest absolute Gasteiger partial charge is 0.163 e. The average Bonchev–Trinajstić information content (AvgIpc) is 2.86. The normalized spacial score (nSPS) is 14.9. The molecule has 2 aromatic rings. The van der Waals surface area contributed by atoms with Gasteiger partial charge in [0.05, 0.1) is 15.5 Å². The van der Waals surface area contributed by atoms with E-state index in [4.69, 9.17) is 9.47 Å². The number of thiophene rings is 1. The van der Waals surface area contributed by atoms with Crippen LogP contribution in [0.1, 0.15) is 17.8 Å². The second-order valence-electron chi connectivity index (χ2n) is 4.48. The largest absolute Gasteiger partial charge is 0.486 e. The van der Waals surface area contributed by atoms with Gasteiger partial charge in [0.1, 0.15) is 13.2 Å². The lowest BCUT2D eigenvalue weighted by Crippen LogP contribution is -2.16. The first-order valence-corrected chi connectivity index (χ1v) is 8.64. The van der Waals surface area contributed by atoms with Gasteiger partial charge >= 0.3 is 0 Å². The number of hydrogen-bond donors (Lipinski definition) is 1. The van der Waals surface area contributed by atoms with Crippen LogP contribution >= 0.6 is 43.2 Å². The highest BCUT2D eigenvalue weighted by atomic mass is 79.9. The van der Waals surface area contributed by atoms with Crippen LogP contribution in [0.5, 0.6) is 11.5 Å². The van der Waals surface area contributed by atoms with Crippen molar-refractivity contribution in [3.63, 3.8) is 0 Å². The lowest BCUT2D eigenvalue weighted by Gasteiger charge is -2.21. The van der Waals surface area contributed by atoms with Crippen molar-refractivity contribution in [1.82, 2.24) is 0 Å². The Morgan fingerprint density at radius 3 is 2.50 bits per heavy atom. The number of ether oxygens (including phenoxy) is 2. The van der Waals surface area contributed by atoms with Crippen LogP contribution in [0.3, 0.4) is 0 Å². The van der Waals surface area contributed by atoms with Crippen LogP contribution in [-0.2, 0) is 0 Å². The first-order valence-electron chi connectivity index (χ1n) is 6.24. The van der Waals surface area contributed by atoms with E-state index in [-0.39, 0.29) is 6.04 Å². The van der Waals surface area contributed by atoms with Crippen molar-refractivity contribution in [2.24, 2.45) is 0 Å². The minimum absolute atomic E-state index is 0.227. The van der Waals surface area contributed by atoms with E-state index in [1.807, 2.05) is 12.1 Å². The van der Waals surface area contributed by atoms with Gasteiger partial charge in [-0.05, 0) is 50.9 Å². The maximum atomic E-state index is 5.62. The first-order chi connectivity index (χ1) is 9.63. The van der Waals surface area contributed by atoms with Crippen molar-refractivity contribution in [2.45, 2.75) is 13.0 Å². The molecule has 0 radical (unpaired) electrons. The maximum absolute atomic E-state index is 5.62. The lowest BCUT2D eigenvalue weighted by atomic mass is 10.2. The van der Waals surface area contributed by atoms with Gasteiger partial charge in [-0.1, -0.05) is 0 Å². The molecule has 1 aromatic carbocycles. The zero-order valence-corrected chi connectivity index (χ0v) is 14.8. The van der Waals surface area contributed by atoms with Gasteiger partial charge in [0.15, 0.2) is 11.5 Å². The summed E-state index contributed by atoms with van der Waals surface area (Å²) in [6.07, 6.45) is 0. The minimum atomic E-state index is 0.227. The van der Waals surface area contributed by atoms with Crippen LogP contribution in [0, 0.1) is 0 Å². The van der Waals surface area contributed by atoms with Gasteiger partial charge in [-0.15, -0.1) is 11.3 Å². The molecule has 6 heteroatoms. The molecule has 0 fully saturated rings. The average molecular weight is 419 g/mol. The van der Waals surface area contributed by atoms with Crippen LogP contribution in [0.2, 0.25) is 0 Å². The third-order valence-corrected chi connectivity index (χ3v) is 5.49. The van der Waals surface area contributed by atoms with E-state index in [2.05, 4.69) is 56.2 Å². The molecule has 0 saturated heterocycles. The molecule has 1 unspecified atom stereocenters. The number of anilines is 1. The number of rotatable bonds is 3. The monoisotopic (exact) mass is 417 g/mol. The van der Waals surface area contributed by atoms with Gasteiger partial charge in [-0.25, -0.2) is 0 Å². The van der Waals surface area contributed by atoms with Crippen molar-refractivity contribution >= 4 is 48.9 Å². The van der Waals surface area contributed by atoms with Gasteiger partial charge in [0, 0.05) is 21.5 Å². The van der Waals surface area contributed by atoms with E-state index < -0.39 is 0 Å². The summed E-state index contributed by atoms with van der Waals surface area (Å²) in [6, 6.07) is 8.35. The van der Waals surface area contributed by atoms with E-state index >= 15 is 0 Å². The summed E-state index contributed by atoms with van der Waals surface area (Å²) in [4.78, 5) is 1.28. The fraction of sp³-hybridized carbons (Fsp3) is 0.286. The molecule has 1 N–H and O–H groups in total. The summed E-state index contributed by atoms with van der Waals surface area (Å²) in [5.41, 5.74) is 1.01. The Labute approximate surface area is 138 Å². The Kier molecular flexibility index (Phi) is 4.23. The van der Waals surface area contributed by atoms with Gasteiger partial charge in [-0.3, -0.25) is 0 Å². The van der Waals surface area contributed by atoms with E-state index in [1.165, 1.54) is 4.88 Å². The molecule has 3 rings (SSSR count). The zero-order valence-electron chi connectivity index (χ0n) is 10.8. The standard InChI is InChI=1S/C14H13Br2NO2S/c1-8(13-2-3-14(16)20-13)17-10-7-12-11(6-9(10)15)18-4-5-19-12/h2-3,6-8,17H,4-5H2,1H3. The van der Waals surface area contributed by atoms with Gasteiger partial charge in [0.2, 0.25) is 0 Å². The Morgan fingerprint density at radius 1 is 1.15 bits per heavy atom. The van der Waals surface area contributed by atoms with E-state index in [0.29, 0.717) is 13.2 Å². The number of fused-ring (bicyclic) bond motifs is 1.